The fourth-order valence-corrected chi connectivity index (χ4v) is 10.4. The summed E-state index contributed by atoms with van der Waals surface area (Å²) in [7, 11) is -3.12. The average Bonchev–Trinajstić information content (AvgIpc) is 2.57. The zero-order valence-corrected chi connectivity index (χ0v) is 20.6. The lowest BCUT2D eigenvalue weighted by atomic mass is 10.1. The summed E-state index contributed by atoms with van der Waals surface area (Å²) in [6.07, 6.45) is 0.959. The molecule has 0 fully saturated rings. The summed E-state index contributed by atoms with van der Waals surface area (Å²) >= 11 is 0. The molecule has 1 atom stereocenters. The molecule has 1 unspecified atom stereocenters. The van der Waals surface area contributed by atoms with Crippen LogP contribution in [0, 0.1) is 5.92 Å². The van der Waals surface area contributed by atoms with Gasteiger partial charge in [-0.05, 0) is 51.6 Å². The first kappa shape index (κ1) is 27.1. The quantitative estimate of drug-likeness (QED) is 0.181. The molecule has 0 aliphatic carbocycles. The molecule has 1 amide bonds. The number of nitrogens with one attached hydrogen (secondary N) is 1. The van der Waals surface area contributed by atoms with Gasteiger partial charge in [0.05, 0.1) is 12.5 Å². The molecule has 0 rings (SSSR count). The molecule has 0 radical (unpaired) electrons. The number of esters is 1. The van der Waals surface area contributed by atoms with Gasteiger partial charge >= 0.3 is 12.1 Å². The van der Waals surface area contributed by atoms with Gasteiger partial charge in [-0.3, -0.25) is 9.63 Å². The molecular formula is C18H39NO7Si2. The zero-order chi connectivity index (χ0) is 21.6. The van der Waals surface area contributed by atoms with E-state index in [2.05, 4.69) is 38.2 Å². The van der Waals surface area contributed by atoms with Crippen LogP contribution >= 0.6 is 0 Å². The number of hydroxylamine groups is 1. The fraction of sp³-hybridized carbons (Fsp3) is 0.889. The Hall–Kier alpha value is -0.946. The van der Waals surface area contributed by atoms with Gasteiger partial charge in [0, 0.05) is 6.61 Å². The van der Waals surface area contributed by atoms with Gasteiger partial charge in [-0.25, -0.2) is 4.79 Å². The normalized spacial score (nSPS) is 13.1. The Kier molecular flexibility index (Phi) is 13.6. The van der Waals surface area contributed by atoms with Gasteiger partial charge in [0.1, 0.15) is 19.8 Å². The topological polar surface area (TPSA) is 92.3 Å². The standard InChI is InChI=1S/C18H39NO7Si2/c1-8-16(2)17(20)23-13-14-25-19-18(21)24-12-11-22-10-9-15-28(6,7)26-27(3,4)5/h16H,8-15H2,1-7H3,(H,19,21). The predicted molar refractivity (Wildman–Crippen MR) is 113 cm³/mol. The van der Waals surface area contributed by atoms with Crippen LogP contribution in [0.4, 0.5) is 4.79 Å². The molecule has 0 aromatic rings. The number of ether oxygens (including phenoxy) is 3. The van der Waals surface area contributed by atoms with Crippen LogP contribution in [0.25, 0.3) is 0 Å². The van der Waals surface area contributed by atoms with Crippen molar-refractivity contribution in [2.75, 3.05) is 33.0 Å². The third-order valence-corrected chi connectivity index (χ3v) is 9.93. The van der Waals surface area contributed by atoms with Gasteiger partial charge in [0.15, 0.2) is 16.6 Å². The molecule has 0 spiro atoms. The first-order valence-corrected chi connectivity index (χ1v) is 16.5. The first-order valence-electron chi connectivity index (χ1n) is 9.96. The molecule has 1 N–H and O–H groups in total. The average molecular weight is 438 g/mol. The van der Waals surface area contributed by atoms with E-state index in [0.717, 1.165) is 18.9 Å². The van der Waals surface area contributed by atoms with E-state index in [1.54, 1.807) is 6.92 Å². The zero-order valence-electron chi connectivity index (χ0n) is 18.6. The summed E-state index contributed by atoms with van der Waals surface area (Å²) in [5.74, 6) is -0.414. The van der Waals surface area contributed by atoms with Gasteiger partial charge in [-0.1, -0.05) is 13.8 Å². The second-order valence-electron chi connectivity index (χ2n) is 8.25. The van der Waals surface area contributed by atoms with Crippen molar-refractivity contribution in [1.29, 1.82) is 0 Å². The van der Waals surface area contributed by atoms with Crippen LogP contribution in [0.15, 0.2) is 0 Å². The maximum Gasteiger partial charge on any atom is 0.431 e. The Balaban J connectivity index is 3.57. The monoisotopic (exact) mass is 437 g/mol. The van der Waals surface area contributed by atoms with E-state index < -0.39 is 22.7 Å². The number of carbonyl (C=O) groups excluding carboxylic acids is 2. The second kappa shape index (κ2) is 14.1. The highest BCUT2D eigenvalue weighted by molar-refractivity contribution is 6.84. The summed E-state index contributed by atoms with van der Waals surface area (Å²) in [5.41, 5.74) is 2.13. The first-order chi connectivity index (χ1) is 13.0. The van der Waals surface area contributed by atoms with E-state index >= 15 is 0 Å². The molecule has 0 heterocycles. The lowest BCUT2D eigenvalue weighted by Crippen LogP contribution is -2.42. The minimum atomic E-state index is -1.62. The van der Waals surface area contributed by atoms with Crippen molar-refractivity contribution in [1.82, 2.24) is 5.48 Å². The molecule has 0 aromatic carbocycles. The third-order valence-electron chi connectivity index (χ3n) is 3.71. The van der Waals surface area contributed by atoms with Gasteiger partial charge in [0.2, 0.25) is 0 Å². The highest BCUT2D eigenvalue weighted by atomic mass is 28.4. The molecule has 10 heteroatoms. The van der Waals surface area contributed by atoms with Crippen LogP contribution in [0.3, 0.4) is 0 Å². The molecule has 0 aliphatic rings. The number of rotatable bonds is 15. The summed E-state index contributed by atoms with van der Waals surface area (Å²) in [5, 5.41) is 0. The third kappa shape index (κ3) is 16.0. The maximum absolute atomic E-state index is 11.4. The van der Waals surface area contributed by atoms with E-state index in [-0.39, 0.29) is 31.7 Å². The fourth-order valence-electron chi connectivity index (χ4n) is 2.41. The molecule has 0 aliphatic heterocycles. The summed E-state index contributed by atoms with van der Waals surface area (Å²) in [4.78, 5) is 27.7. The minimum absolute atomic E-state index is 0.0624. The van der Waals surface area contributed by atoms with Crippen molar-refractivity contribution < 1.29 is 32.8 Å². The SMILES string of the molecule is CCC(C)C(=O)OCCONC(=O)OCCOCCC[Si](C)(C)O[Si](C)(C)C. The van der Waals surface area contributed by atoms with Gasteiger partial charge in [-0.2, -0.15) is 5.48 Å². The number of carbonyl (C=O) groups is 2. The van der Waals surface area contributed by atoms with Crippen molar-refractivity contribution in [2.24, 2.45) is 5.92 Å². The van der Waals surface area contributed by atoms with Crippen molar-refractivity contribution in [3.05, 3.63) is 0 Å². The molecule has 28 heavy (non-hydrogen) atoms. The highest BCUT2D eigenvalue weighted by Gasteiger charge is 2.28. The van der Waals surface area contributed by atoms with Gasteiger partial charge < -0.3 is 18.3 Å². The Morgan fingerprint density at radius 1 is 0.929 bits per heavy atom. The highest BCUT2D eigenvalue weighted by Crippen LogP contribution is 2.19. The lowest BCUT2D eigenvalue weighted by Gasteiger charge is -2.31. The van der Waals surface area contributed by atoms with Crippen molar-refractivity contribution in [3.8, 4) is 0 Å². The van der Waals surface area contributed by atoms with Gasteiger partial charge in [-0.15, -0.1) is 0 Å². The van der Waals surface area contributed by atoms with Crippen molar-refractivity contribution in [2.45, 2.75) is 65.5 Å². The van der Waals surface area contributed by atoms with Crippen LogP contribution < -0.4 is 5.48 Å². The van der Waals surface area contributed by atoms with E-state index in [1.807, 2.05) is 6.92 Å². The minimum Gasteiger partial charge on any atom is -0.463 e. The van der Waals surface area contributed by atoms with Crippen molar-refractivity contribution in [3.63, 3.8) is 0 Å². The van der Waals surface area contributed by atoms with Gasteiger partial charge in [0.25, 0.3) is 0 Å². The molecule has 166 valence electrons. The van der Waals surface area contributed by atoms with Crippen LogP contribution in [-0.2, 0) is 28.0 Å². The Labute approximate surface area is 171 Å². The smallest absolute Gasteiger partial charge is 0.431 e. The Morgan fingerprint density at radius 2 is 1.57 bits per heavy atom. The van der Waals surface area contributed by atoms with E-state index in [9.17, 15) is 9.59 Å². The number of amides is 1. The number of hydrogen-bond acceptors (Lipinski definition) is 7. The molecule has 0 bridgehead atoms. The second-order valence-corrected chi connectivity index (χ2v) is 17.3. The Morgan fingerprint density at radius 3 is 2.18 bits per heavy atom. The van der Waals surface area contributed by atoms with Crippen LogP contribution in [0.1, 0.15) is 26.7 Å². The summed E-state index contributed by atoms with van der Waals surface area (Å²) in [6.45, 7) is 16.1. The van der Waals surface area contributed by atoms with Crippen LogP contribution in [0.5, 0.6) is 0 Å². The molecular weight excluding hydrogens is 398 g/mol. The van der Waals surface area contributed by atoms with E-state index in [1.165, 1.54) is 0 Å². The molecule has 8 nitrogen and oxygen atoms in total. The lowest BCUT2D eigenvalue weighted by molar-refractivity contribution is -0.150. The predicted octanol–water partition coefficient (Wildman–Crippen LogP) is 3.70. The van der Waals surface area contributed by atoms with E-state index in [0.29, 0.717) is 13.2 Å². The maximum atomic E-state index is 11.4. The Bertz CT molecular complexity index is 456. The molecule has 0 saturated heterocycles. The summed E-state index contributed by atoms with van der Waals surface area (Å²) < 4.78 is 21.7. The largest absolute Gasteiger partial charge is 0.463 e. The van der Waals surface area contributed by atoms with Crippen LogP contribution in [-0.4, -0.2) is 61.7 Å². The van der Waals surface area contributed by atoms with Crippen LogP contribution in [0.2, 0.25) is 38.8 Å². The molecule has 0 saturated carbocycles. The van der Waals surface area contributed by atoms with E-state index in [4.69, 9.17) is 23.2 Å². The molecule has 0 aromatic heterocycles. The summed E-state index contributed by atoms with van der Waals surface area (Å²) in [6, 6.07) is 1.05. The number of hydrogen-bond donors (Lipinski definition) is 1. The van der Waals surface area contributed by atoms with Crippen molar-refractivity contribution >= 4 is 28.7 Å².